The molecule has 0 bridgehead atoms. The van der Waals surface area contributed by atoms with E-state index in [9.17, 15) is 18.6 Å². The summed E-state index contributed by atoms with van der Waals surface area (Å²) in [4.78, 5) is 0.0600. The zero-order valence-electron chi connectivity index (χ0n) is 22.3. The number of phenols is 2. The number of benzene rings is 6. The van der Waals surface area contributed by atoms with Gasteiger partial charge in [0.1, 0.15) is 23.0 Å². The van der Waals surface area contributed by atoms with Crippen LogP contribution in [-0.2, 0) is 9.84 Å². The van der Waals surface area contributed by atoms with Crippen LogP contribution in [-0.4, -0.2) is 32.9 Å². The first-order chi connectivity index (χ1) is 19.8. The van der Waals surface area contributed by atoms with Gasteiger partial charge in [0, 0.05) is 11.1 Å². The number of methoxy groups -OCH3 is 2. The van der Waals surface area contributed by atoms with Crippen LogP contribution in [0.4, 0.5) is 0 Å². The summed E-state index contributed by atoms with van der Waals surface area (Å²) in [5, 5.41) is 25.1. The summed E-state index contributed by atoms with van der Waals surface area (Å²) >= 11 is 0. The van der Waals surface area contributed by atoms with E-state index in [0.717, 1.165) is 33.0 Å². The lowest BCUT2D eigenvalue weighted by Crippen LogP contribution is -2.02. The normalized spacial score (nSPS) is 11.6. The van der Waals surface area contributed by atoms with Crippen LogP contribution in [0.5, 0.6) is 23.0 Å². The van der Waals surface area contributed by atoms with Crippen molar-refractivity contribution in [3.63, 3.8) is 0 Å². The van der Waals surface area contributed by atoms with Crippen molar-refractivity contribution in [1.82, 2.24) is 0 Å². The van der Waals surface area contributed by atoms with E-state index in [2.05, 4.69) is 0 Å². The Labute approximate surface area is 237 Å². The van der Waals surface area contributed by atoms with Gasteiger partial charge in [-0.1, -0.05) is 36.4 Å². The quantitative estimate of drug-likeness (QED) is 0.217. The van der Waals surface area contributed by atoms with E-state index in [1.54, 1.807) is 14.2 Å². The Morgan fingerprint density at radius 1 is 0.488 bits per heavy atom. The average molecular weight is 563 g/mol. The zero-order chi connectivity index (χ0) is 28.7. The van der Waals surface area contributed by atoms with Crippen LogP contribution in [0.1, 0.15) is 0 Å². The van der Waals surface area contributed by atoms with E-state index in [1.807, 2.05) is 72.8 Å². The molecule has 0 aromatic heterocycles. The van der Waals surface area contributed by atoms with E-state index in [1.165, 1.54) is 36.4 Å². The molecule has 6 rings (SSSR count). The summed E-state index contributed by atoms with van der Waals surface area (Å²) in [6.45, 7) is 0. The van der Waals surface area contributed by atoms with Gasteiger partial charge >= 0.3 is 0 Å². The van der Waals surface area contributed by atoms with Crippen molar-refractivity contribution in [2.75, 3.05) is 14.2 Å². The van der Waals surface area contributed by atoms with Gasteiger partial charge in [0.15, 0.2) is 0 Å². The van der Waals surface area contributed by atoms with Crippen molar-refractivity contribution in [3.05, 3.63) is 109 Å². The van der Waals surface area contributed by atoms with Gasteiger partial charge < -0.3 is 19.7 Å². The zero-order valence-corrected chi connectivity index (χ0v) is 23.1. The number of aromatic hydroxyl groups is 2. The highest BCUT2D eigenvalue weighted by atomic mass is 32.2. The number of rotatable bonds is 6. The molecule has 0 unspecified atom stereocenters. The monoisotopic (exact) mass is 562 g/mol. The maximum Gasteiger partial charge on any atom is 0.206 e. The molecule has 0 aliphatic carbocycles. The van der Waals surface area contributed by atoms with Crippen LogP contribution >= 0.6 is 0 Å². The number of ether oxygens (including phenoxy) is 2. The van der Waals surface area contributed by atoms with E-state index in [4.69, 9.17) is 9.47 Å². The fourth-order valence-corrected chi connectivity index (χ4v) is 6.31. The minimum atomic E-state index is -3.99. The minimum Gasteiger partial charge on any atom is -0.507 e. The second-order valence-electron chi connectivity index (χ2n) is 9.72. The van der Waals surface area contributed by atoms with Crippen LogP contribution in [0, 0.1) is 0 Å². The van der Waals surface area contributed by atoms with Gasteiger partial charge in [0.05, 0.1) is 24.0 Å². The number of phenolic OH excluding ortho intramolecular Hbond substituents is 2. The Morgan fingerprint density at radius 2 is 0.878 bits per heavy atom. The molecule has 0 saturated heterocycles. The fourth-order valence-electron chi connectivity index (χ4n) is 5.00. The maximum absolute atomic E-state index is 13.8. The van der Waals surface area contributed by atoms with E-state index < -0.39 is 9.84 Å². The van der Waals surface area contributed by atoms with Crippen molar-refractivity contribution in [3.8, 4) is 45.3 Å². The van der Waals surface area contributed by atoms with E-state index in [0.29, 0.717) is 22.3 Å². The van der Waals surface area contributed by atoms with Crippen molar-refractivity contribution in [1.29, 1.82) is 0 Å². The Bertz CT molecular complexity index is 1920. The average Bonchev–Trinajstić information content (AvgIpc) is 3.00. The summed E-state index contributed by atoms with van der Waals surface area (Å²) in [5.74, 6) is 1.41. The summed E-state index contributed by atoms with van der Waals surface area (Å²) in [7, 11) is -0.777. The standard InChI is InChI=1S/C34H26O6S/c1-39-27-9-7-21-15-25(5-3-23(21)17-27)31-19-29(11-13-33(31)35)41(37,38)30-12-14-34(36)32(20-30)26-6-4-24-18-28(40-2)10-8-22(24)16-26/h3-20,35-36H,1-2H3. The number of sulfone groups is 1. The Morgan fingerprint density at radius 3 is 1.29 bits per heavy atom. The number of fused-ring (bicyclic) bond motifs is 2. The van der Waals surface area contributed by atoms with Gasteiger partial charge in [-0.3, -0.25) is 0 Å². The highest BCUT2D eigenvalue weighted by Crippen LogP contribution is 2.38. The van der Waals surface area contributed by atoms with Crippen molar-refractivity contribution >= 4 is 31.4 Å². The first-order valence-electron chi connectivity index (χ1n) is 12.8. The Balaban J connectivity index is 1.40. The second kappa shape index (κ2) is 10.2. The van der Waals surface area contributed by atoms with Crippen LogP contribution in [0.3, 0.4) is 0 Å². The topological polar surface area (TPSA) is 93.1 Å². The first kappa shape index (κ1) is 26.2. The van der Waals surface area contributed by atoms with E-state index >= 15 is 0 Å². The Hall–Kier alpha value is -5.01. The van der Waals surface area contributed by atoms with Gasteiger partial charge in [0.2, 0.25) is 9.84 Å². The molecule has 41 heavy (non-hydrogen) atoms. The highest BCUT2D eigenvalue weighted by molar-refractivity contribution is 7.91. The lowest BCUT2D eigenvalue weighted by Gasteiger charge is -2.13. The highest BCUT2D eigenvalue weighted by Gasteiger charge is 2.22. The molecule has 6 aromatic carbocycles. The van der Waals surface area contributed by atoms with Crippen LogP contribution < -0.4 is 9.47 Å². The second-order valence-corrected chi connectivity index (χ2v) is 11.7. The molecule has 0 saturated carbocycles. The van der Waals surface area contributed by atoms with Gasteiger partial charge in [0.25, 0.3) is 0 Å². The van der Waals surface area contributed by atoms with Crippen molar-refractivity contribution < 1.29 is 28.1 Å². The summed E-state index contributed by atoms with van der Waals surface area (Å²) < 4.78 is 38.2. The molecule has 0 amide bonds. The molecule has 0 heterocycles. The third kappa shape index (κ3) is 4.81. The minimum absolute atomic E-state index is 0.0300. The molecule has 2 N–H and O–H groups in total. The van der Waals surface area contributed by atoms with Gasteiger partial charge in [-0.25, -0.2) is 8.42 Å². The molecular formula is C34H26O6S. The number of hydrogen-bond acceptors (Lipinski definition) is 6. The molecule has 204 valence electrons. The predicted octanol–water partition coefficient (Wildman–Crippen LogP) is 7.59. The Kier molecular flexibility index (Phi) is 6.52. The lowest BCUT2D eigenvalue weighted by molar-refractivity contribution is 0.415. The maximum atomic E-state index is 13.8. The summed E-state index contributed by atoms with van der Waals surface area (Å²) in [6, 6.07) is 31.1. The predicted molar refractivity (Wildman–Crippen MR) is 161 cm³/mol. The smallest absolute Gasteiger partial charge is 0.206 e. The summed E-state index contributed by atoms with van der Waals surface area (Å²) in [6.07, 6.45) is 0. The lowest BCUT2D eigenvalue weighted by atomic mass is 10.0. The molecule has 0 aliphatic rings. The molecule has 6 aromatic rings. The van der Waals surface area contributed by atoms with Crippen molar-refractivity contribution in [2.45, 2.75) is 9.79 Å². The summed E-state index contributed by atoms with van der Waals surface area (Å²) in [5.41, 5.74) is 2.15. The molecule has 0 fully saturated rings. The first-order valence-corrected chi connectivity index (χ1v) is 14.3. The van der Waals surface area contributed by atoms with Gasteiger partial charge in [-0.05, 0) is 105 Å². The fraction of sp³-hybridized carbons (Fsp3) is 0.0588. The molecule has 0 atom stereocenters. The third-order valence-corrected chi connectivity index (χ3v) is 9.02. The van der Waals surface area contributed by atoms with Crippen molar-refractivity contribution in [2.24, 2.45) is 0 Å². The molecule has 6 nitrogen and oxygen atoms in total. The molecule has 0 radical (unpaired) electrons. The van der Waals surface area contributed by atoms with Crippen LogP contribution in [0.2, 0.25) is 0 Å². The molecule has 0 spiro atoms. The molecule has 0 aliphatic heterocycles. The van der Waals surface area contributed by atoms with E-state index in [-0.39, 0.29) is 21.3 Å². The molecule has 7 heteroatoms. The SMILES string of the molecule is COc1ccc2cc(-c3cc(S(=O)(=O)c4ccc(O)c(-c5ccc6cc(OC)ccc6c5)c4)ccc3O)ccc2c1. The van der Waals surface area contributed by atoms with Gasteiger partial charge in [-0.15, -0.1) is 0 Å². The largest absolute Gasteiger partial charge is 0.507 e. The van der Waals surface area contributed by atoms with Crippen LogP contribution in [0.25, 0.3) is 43.8 Å². The molecular weight excluding hydrogens is 536 g/mol. The van der Waals surface area contributed by atoms with Crippen LogP contribution in [0.15, 0.2) is 119 Å². The third-order valence-electron chi connectivity index (χ3n) is 7.27. The number of hydrogen-bond donors (Lipinski definition) is 2. The van der Waals surface area contributed by atoms with Gasteiger partial charge in [-0.2, -0.15) is 0 Å².